The lowest BCUT2D eigenvalue weighted by molar-refractivity contribution is 0.156. The van der Waals surface area contributed by atoms with E-state index in [2.05, 4.69) is 27.1 Å². The van der Waals surface area contributed by atoms with Gasteiger partial charge >= 0.3 is 0 Å². The Labute approximate surface area is 111 Å². The molecule has 0 aliphatic carbocycles. The molecule has 104 valence electrons. The first-order valence-electron chi connectivity index (χ1n) is 7.72. The number of likely N-dealkylation sites (N-methyl/N-ethyl adjacent to an activating group) is 1. The van der Waals surface area contributed by atoms with Crippen molar-refractivity contribution in [3.8, 4) is 0 Å². The minimum absolute atomic E-state index is 0.829. The molecule has 3 saturated heterocycles. The highest BCUT2D eigenvalue weighted by Gasteiger charge is 2.38. The molecule has 3 rings (SSSR count). The van der Waals surface area contributed by atoms with Crippen LogP contribution in [0.5, 0.6) is 0 Å². The standard InChI is InChI=1S/C14H28N4/c1-16(11-12-17-9-5-15-6-10-17)13-4-8-18-7-2-3-14(13)18/h13-15H,2-12H2,1H3. The largest absolute Gasteiger partial charge is 0.314 e. The van der Waals surface area contributed by atoms with Gasteiger partial charge in [-0.05, 0) is 32.9 Å². The SMILES string of the molecule is CN(CCN1CCNCC1)C1CCN2CCCC12. The van der Waals surface area contributed by atoms with Gasteiger partial charge in [-0.2, -0.15) is 0 Å². The van der Waals surface area contributed by atoms with Crippen LogP contribution in [0.4, 0.5) is 0 Å². The van der Waals surface area contributed by atoms with E-state index >= 15 is 0 Å². The van der Waals surface area contributed by atoms with Crippen LogP contribution in [-0.4, -0.2) is 86.2 Å². The van der Waals surface area contributed by atoms with E-state index in [1.165, 1.54) is 71.6 Å². The molecule has 0 radical (unpaired) electrons. The molecule has 0 spiro atoms. The summed E-state index contributed by atoms with van der Waals surface area (Å²) < 4.78 is 0. The predicted octanol–water partition coefficient (Wildman–Crippen LogP) is 0.0601. The molecular weight excluding hydrogens is 224 g/mol. The van der Waals surface area contributed by atoms with Crippen LogP contribution in [0.1, 0.15) is 19.3 Å². The molecule has 3 aliphatic heterocycles. The maximum absolute atomic E-state index is 3.43. The molecule has 2 unspecified atom stereocenters. The molecule has 0 bridgehead atoms. The van der Waals surface area contributed by atoms with Crippen LogP contribution in [0, 0.1) is 0 Å². The average Bonchev–Trinajstić information content (AvgIpc) is 2.99. The van der Waals surface area contributed by atoms with Gasteiger partial charge in [-0.1, -0.05) is 0 Å². The Kier molecular flexibility index (Phi) is 4.19. The first-order valence-corrected chi connectivity index (χ1v) is 7.72. The Morgan fingerprint density at radius 2 is 1.94 bits per heavy atom. The van der Waals surface area contributed by atoms with Crippen LogP contribution in [-0.2, 0) is 0 Å². The molecule has 3 aliphatic rings. The van der Waals surface area contributed by atoms with Crippen LogP contribution in [0.3, 0.4) is 0 Å². The second-order valence-electron chi connectivity index (χ2n) is 6.17. The highest BCUT2D eigenvalue weighted by molar-refractivity contribution is 4.96. The molecule has 18 heavy (non-hydrogen) atoms. The summed E-state index contributed by atoms with van der Waals surface area (Å²) in [5.41, 5.74) is 0. The van der Waals surface area contributed by atoms with E-state index in [1.807, 2.05) is 0 Å². The van der Waals surface area contributed by atoms with Gasteiger partial charge < -0.3 is 10.2 Å². The number of fused-ring (bicyclic) bond motifs is 1. The Bertz CT molecular complexity index is 265. The van der Waals surface area contributed by atoms with Crippen molar-refractivity contribution in [1.29, 1.82) is 0 Å². The smallest absolute Gasteiger partial charge is 0.0261 e. The van der Waals surface area contributed by atoms with Gasteiger partial charge in [0.2, 0.25) is 0 Å². The van der Waals surface area contributed by atoms with E-state index in [0.717, 1.165) is 12.1 Å². The van der Waals surface area contributed by atoms with Crippen LogP contribution in [0.15, 0.2) is 0 Å². The first kappa shape index (κ1) is 12.9. The molecule has 0 amide bonds. The van der Waals surface area contributed by atoms with Crippen LogP contribution in [0.25, 0.3) is 0 Å². The van der Waals surface area contributed by atoms with Gasteiger partial charge in [-0.3, -0.25) is 9.80 Å². The Morgan fingerprint density at radius 1 is 1.11 bits per heavy atom. The Hall–Kier alpha value is -0.160. The number of rotatable bonds is 4. The van der Waals surface area contributed by atoms with E-state index in [1.54, 1.807) is 0 Å². The third-order valence-electron chi connectivity index (χ3n) is 5.12. The maximum atomic E-state index is 3.43. The lowest BCUT2D eigenvalue weighted by Gasteiger charge is -2.33. The van der Waals surface area contributed by atoms with Crippen molar-refractivity contribution >= 4 is 0 Å². The molecule has 0 saturated carbocycles. The molecule has 4 nitrogen and oxygen atoms in total. The van der Waals surface area contributed by atoms with Crippen LogP contribution < -0.4 is 5.32 Å². The quantitative estimate of drug-likeness (QED) is 0.764. The number of nitrogens with zero attached hydrogens (tertiary/aromatic N) is 3. The van der Waals surface area contributed by atoms with E-state index in [4.69, 9.17) is 0 Å². The Balaban J connectivity index is 1.44. The molecule has 3 fully saturated rings. The summed E-state index contributed by atoms with van der Waals surface area (Å²) in [5.74, 6) is 0. The average molecular weight is 252 g/mol. The molecule has 4 heteroatoms. The minimum atomic E-state index is 0.829. The summed E-state index contributed by atoms with van der Waals surface area (Å²) in [6.45, 7) is 9.99. The fourth-order valence-corrected chi connectivity index (χ4v) is 3.97. The summed E-state index contributed by atoms with van der Waals surface area (Å²) in [6, 6.07) is 1.70. The first-order chi connectivity index (χ1) is 8.84. The fourth-order valence-electron chi connectivity index (χ4n) is 3.97. The van der Waals surface area contributed by atoms with Crippen molar-refractivity contribution < 1.29 is 0 Å². The van der Waals surface area contributed by atoms with Crippen molar-refractivity contribution in [1.82, 2.24) is 20.0 Å². The zero-order valence-corrected chi connectivity index (χ0v) is 11.8. The van der Waals surface area contributed by atoms with Gasteiger partial charge in [0.15, 0.2) is 0 Å². The van der Waals surface area contributed by atoms with Crippen molar-refractivity contribution in [3.63, 3.8) is 0 Å². The van der Waals surface area contributed by atoms with Gasteiger partial charge in [-0.15, -0.1) is 0 Å². The Morgan fingerprint density at radius 3 is 2.78 bits per heavy atom. The summed E-state index contributed by atoms with van der Waals surface area (Å²) >= 11 is 0. The van der Waals surface area contributed by atoms with E-state index in [-0.39, 0.29) is 0 Å². The molecule has 0 aromatic carbocycles. The van der Waals surface area contributed by atoms with E-state index < -0.39 is 0 Å². The lowest BCUT2D eigenvalue weighted by Crippen LogP contribution is -2.48. The van der Waals surface area contributed by atoms with Crippen LogP contribution >= 0.6 is 0 Å². The highest BCUT2D eigenvalue weighted by atomic mass is 15.3. The van der Waals surface area contributed by atoms with Crippen molar-refractivity contribution in [2.75, 3.05) is 59.4 Å². The molecule has 1 N–H and O–H groups in total. The van der Waals surface area contributed by atoms with Crippen LogP contribution in [0.2, 0.25) is 0 Å². The van der Waals surface area contributed by atoms with Crippen molar-refractivity contribution in [3.05, 3.63) is 0 Å². The van der Waals surface area contributed by atoms with E-state index in [9.17, 15) is 0 Å². The molecule has 0 aromatic heterocycles. The second kappa shape index (κ2) is 5.87. The van der Waals surface area contributed by atoms with Crippen molar-refractivity contribution in [2.45, 2.75) is 31.3 Å². The maximum Gasteiger partial charge on any atom is 0.0261 e. The summed E-state index contributed by atoms with van der Waals surface area (Å²) in [7, 11) is 2.34. The number of hydrogen-bond donors (Lipinski definition) is 1. The van der Waals surface area contributed by atoms with Gasteiger partial charge in [0.1, 0.15) is 0 Å². The van der Waals surface area contributed by atoms with Gasteiger partial charge in [-0.25, -0.2) is 0 Å². The molecule has 2 atom stereocenters. The third-order valence-corrected chi connectivity index (χ3v) is 5.12. The fraction of sp³-hybridized carbons (Fsp3) is 1.00. The number of nitrogens with one attached hydrogen (secondary N) is 1. The highest BCUT2D eigenvalue weighted by Crippen LogP contribution is 2.30. The monoisotopic (exact) mass is 252 g/mol. The topological polar surface area (TPSA) is 21.8 Å². The number of hydrogen-bond acceptors (Lipinski definition) is 4. The van der Waals surface area contributed by atoms with Gasteiger partial charge in [0.25, 0.3) is 0 Å². The second-order valence-corrected chi connectivity index (χ2v) is 6.17. The summed E-state index contributed by atoms with van der Waals surface area (Å²) in [6.07, 6.45) is 4.25. The van der Waals surface area contributed by atoms with E-state index in [0.29, 0.717) is 0 Å². The lowest BCUT2D eigenvalue weighted by atomic mass is 10.1. The van der Waals surface area contributed by atoms with Gasteiger partial charge in [0, 0.05) is 57.9 Å². The normalized spacial score (nSPS) is 34.3. The zero-order valence-electron chi connectivity index (χ0n) is 11.8. The molecular formula is C14H28N4. The third kappa shape index (κ3) is 2.72. The summed E-state index contributed by atoms with van der Waals surface area (Å²) in [5, 5.41) is 3.43. The molecule has 0 aromatic rings. The minimum Gasteiger partial charge on any atom is -0.314 e. The number of piperazine rings is 1. The van der Waals surface area contributed by atoms with Gasteiger partial charge in [0.05, 0.1) is 0 Å². The summed E-state index contributed by atoms with van der Waals surface area (Å²) in [4.78, 5) is 7.96. The zero-order chi connectivity index (χ0) is 12.4. The van der Waals surface area contributed by atoms with Crippen molar-refractivity contribution in [2.24, 2.45) is 0 Å². The predicted molar refractivity (Wildman–Crippen MR) is 74.9 cm³/mol. The molecule has 3 heterocycles.